The summed E-state index contributed by atoms with van der Waals surface area (Å²) in [5.74, 6) is -0.464. The van der Waals surface area contributed by atoms with Crippen LogP contribution < -0.4 is 4.74 Å². The lowest BCUT2D eigenvalue weighted by Crippen LogP contribution is -2.22. The lowest BCUT2D eigenvalue weighted by Gasteiger charge is -2.13. The van der Waals surface area contributed by atoms with Crippen LogP contribution in [-0.4, -0.2) is 27.8 Å². The summed E-state index contributed by atoms with van der Waals surface area (Å²) in [6.45, 7) is 0. The summed E-state index contributed by atoms with van der Waals surface area (Å²) in [5.41, 5.74) is -0.0412. The number of carboxylic acid groups (broad SMARTS) is 1. The Hall–Kier alpha value is -0.540. The van der Waals surface area contributed by atoms with E-state index in [1.165, 1.54) is 0 Å². The van der Waals surface area contributed by atoms with Gasteiger partial charge in [-0.2, -0.15) is 0 Å². The van der Waals surface area contributed by atoms with Crippen molar-refractivity contribution in [2.75, 3.05) is 6.26 Å². The van der Waals surface area contributed by atoms with Gasteiger partial charge in [-0.25, -0.2) is 4.79 Å². The van der Waals surface area contributed by atoms with Crippen molar-refractivity contribution in [2.24, 2.45) is 0 Å². The SMILES string of the molecule is CSC(Oc1cc(I)c2ncc(Br)cc2c1)C(=O)O. The zero-order chi connectivity index (χ0) is 14.0. The lowest BCUT2D eigenvalue weighted by molar-refractivity contribution is -0.140. The molecule has 1 atom stereocenters. The van der Waals surface area contributed by atoms with Crippen LogP contribution in [0.2, 0.25) is 0 Å². The fourth-order valence-corrected chi connectivity index (χ4v) is 3.06. The minimum Gasteiger partial charge on any atom is -0.478 e. The number of carbonyl (C=O) groups is 1. The zero-order valence-electron chi connectivity index (χ0n) is 9.76. The van der Waals surface area contributed by atoms with Crippen molar-refractivity contribution in [1.82, 2.24) is 4.98 Å². The van der Waals surface area contributed by atoms with Crippen molar-refractivity contribution in [2.45, 2.75) is 5.44 Å². The van der Waals surface area contributed by atoms with Crippen molar-refractivity contribution >= 4 is 67.2 Å². The van der Waals surface area contributed by atoms with Crippen LogP contribution in [0.1, 0.15) is 0 Å². The first-order valence-corrected chi connectivity index (χ1v) is 8.34. The van der Waals surface area contributed by atoms with Gasteiger partial charge in [0.25, 0.3) is 0 Å². The Bertz CT molecular complexity index is 638. The number of hydrogen-bond acceptors (Lipinski definition) is 4. The predicted octanol–water partition coefficient (Wildman–Crippen LogP) is 3.75. The number of ether oxygens (including phenoxy) is 1. The second kappa shape index (κ2) is 6.27. The Morgan fingerprint density at radius 2 is 2.26 bits per heavy atom. The molecule has 0 bridgehead atoms. The topological polar surface area (TPSA) is 59.4 Å². The maximum Gasteiger partial charge on any atom is 0.355 e. The van der Waals surface area contributed by atoms with E-state index in [1.54, 1.807) is 24.6 Å². The predicted molar refractivity (Wildman–Crippen MR) is 87.7 cm³/mol. The third-order valence-electron chi connectivity index (χ3n) is 2.34. The number of nitrogens with zero attached hydrogens (tertiary/aromatic N) is 1. The monoisotopic (exact) mass is 453 g/mol. The first-order valence-electron chi connectivity index (χ1n) is 5.18. The van der Waals surface area contributed by atoms with Crippen LogP contribution in [0.25, 0.3) is 10.9 Å². The van der Waals surface area contributed by atoms with Gasteiger partial charge in [-0.05, 0) is 63.0 Å². The molecule has 1 heterocycles. The van der Waals surface area contributed by atoms with Gasteiger partial charge < -0.3 is 9.84 Å². The first-order chi connectivity index (χ1) is 9.01. The number of aromatic nitrogens is 1. The van der Waals surface area contributed by atoms with E-state index < -0.39 is 11.4 Å². The third kappa shape index (κ3) is 3.51. The Balaban J connectivity index is 2.42. The Kier molecular flexibility index (Phi) is 4.91. The highest BCUT2D eigenvalue weighted by Gasteiger charge is 2.18. The van der Waals surface area contributed by atoms with Crippen molar-refractivity contribution in [3.8, 4) is 5.75 Å². The van der Waals surface area contributed by atoms with Gasteiger partial charge in [-0.15, -0.1) is 11.8 Å². The molecule has 1 unspecified atom stereocenters. The van der Waals surface area contributed by atoms with Crippen molar-refractivity contribution in [3.63, 3.8) is 0 Å². The molecule has 0 saturated heterocycles. The van der Waals surface area contributed by atoms with Crippen LogP contribution in [0.5, 0.6) is 5.75 Å². The molecule has 1 N–H and O–H groups in total. The van der Waals surface area contributed by atoms with Crippen LogP contribution in [0.4, 0.5) is 0 Å². The quantitative estimate of drug-likeness (QED) is 0.564. The smallest absolute Gasteiger partial charge is 0.355 e. The normalized spacial score (nSPS) is 12.4. The zero-order valence-corrected chi connectivity index (χ0v) is 14.3. The van der Waals surface area contributed by atoms with Crippen LogP contribution in [0.3, 0.4) is 0 Å². The molecular formula is C12H9BrINO3S. The van der Waals surface area contributed by atoms with E-state index in [9.17, 15) is 4.79 Å². The number of carboxylic acids is 1. The molecule has 4 nitrogen and oxygen atoms in total. The standard InChI is InChI=1S/C12H9BrINO3S/c1-19-12(11(16)17)18-8-3-6-2-7(13)5-15-10(6)9(14)4-8/h2-5,12H,1H3,(H,16,17). The van der Waals surface area contributed by atoms with Gasteiger partial charge in [-0.1, -0.05) is 0 Å². The minimum atomic E-state index is -0.991. The maximum atomic E-state index is 11.0. The van der Waals surface area contributed by atoms with Crippen LogP contribution in [0.15, 0.2) is 28.9 Å². The van der Waals surface area contributed by atoms with E-state index in [1.807, 2.05) is 6.07 Å². The van der Waals surface area contributed by atoms with E-state index in [2.05, 4.69) is 43.5 Å². The number of pyridine rings is 1. The summed E-state index contributed by atoms with van der Waals surface area (Å²) in [6, 6.07) is 5.50. The molecule has 1 aromatic carbocycles. The molecule has 100 valence electrons. The van der Waals surface area contributed by atoms with Gasteiger partial charge in [0.05, 0.1) is 5.52 Å². The molecule has 1 aromatic heterocycles. The number of aliphatic carboxylic acids is 1. The molecule has 2 aromatic rings. The van der Waals surface area contributed by atoms with Gasteiger partial charge in [0.2, 0.25) is 5.44 Å². The van der Waals surface area contributed by atoms with Gasteiger partial charge in [0.1, 0.15) is 5.75 Å². The molecule has 0 spiro atoms. The molecule has 0 fully saturated rings. The van der Waals surface area contributed by atoms with Gasteiger partial charge in [0.15, 0.2) is 0 Å². The van der Waals surface area contributed by atoms with E-state index in [0.29, 0.717) is 5.75 Å². The number of benzene rings is 1. The van der Waals surface area contributed by atoms with E-state index in [4.69, 9.17) is 9.84 Å². The summed E-state index contributed by atoms with van der Waals surface area (Å²) < 4.78 is 7.26. The Morgan fingerprint density at radius 3 is 2.89 bits per heavy atom. The van der Waals surface area contributed by atoms with Crippen molar-refractivity contribution < 1.29 is 14.6 Å². The molecule has 0 saturated carbocycles. The summed E-state index contributed by atoms with van der Waals surface area (Å²) in [7, 11) is 0. The van der Waals surface area contributed by atoms with Crippen LogP contribution >= 0.6 is 50.3 Å². The molecule has 0 radical (unpaired) electrons. The van der Waals surface area contributed by atoms with Crippen molar-refractivity contribution in [1.29, 1.82) is 0 Å². The van der Waals surface area contributed by atoms with Crippen molar-refractivity contribution in [3.05, 3.63) is 32.4 Å². The Morgan fingerprint density at radius 1 is 1.53 bits per heavy atom. The van der Waals surface area contributed by atoms with Gasteiger partial charge in [-0.3, -0.25) is 4.98 Å². The van der Waals surface area contributed by atoms with Gasteiger partial charge >= 0.3 is 5.97 Å². The van der Waals surface area contributed by atoms with Gasteiger partial charge in [0, 0.05) is 19.6 Å². The summed E-state index contributed by atoms with van der Waals surface area (Å²) in [4.78, 5) is 15.3. The van der Waals surface area contributed by atoms with E-state index >= 15 is 0 Å². The number of halogens is 2. The summed E-state index contributed by atoms with van der Waals surface area (Å²) in [6.07, 6.45) is 3.43. The fraction of sp³-hybridized carbons (Fsp3) is 0.167. The molecule has 7 heteroatoms. The summed E-state index contributed by atoms with van der Waals surface area (Å²) >= 11 is 6.66. The highest BCUT2D eigenvalue weighted by Crippen LogP contribution is 2.28. The molecule has 0 aliphatic heterocycles. The molecule has 0 aliphatic rings. The first kappa shape index (κ1) is 14.9. The number of fused-ring (bicyclic) bond motifs is 1. The average Bonchev–Trinajstić information content (AvgIpc) is 2.35. The largest absolute Gasteiger partial charge is 0.478 e. The Labute approximate surface area is 136 Å². The third-order valence-corrected chi connectivity index (χ3v) is 4.32. The highest BCUT2D eigenvalue weighted by molar-refractivity contribution is 14.1. The lowest BCUT2D eigenvalue weighted by atomic mass is 10.2. The minimum absolute atomic E-state index is 0.526. The summed E-state index contributed by atoms with van der Waals surface area (Å²) in [5, 5.41) is 9.90. The number of thioether (sulfide) groups is 1. The fourth-order valence-electron chi connectivity index (χ4n) is 1.54. The second-order valence-electron chi connectivity index (χ2n) is 3.65. The highest BCUT2D eigenvalue weighted by atomic mass is 127. The molecule has 0 amide bonds. The average molecular weight is 454 g/mol. The molecule has 0 aliphatic carbocycles. The molecular weight excluding hydrogens is 445 g/mol. The number of rotatable bonds is 4. The van der Waals surface area contributed by atoms with Crippen LogP contribution in [0, 0.1) is 3.57 Å². The maximum absolute atomic E-state index is 11.0. The van der Waals surface area contributed by atoms with Crippen LogP contribution in [-0.2, 0) is 4.79 Å². The van der Waals surface area contributed by atoms with E-state index in [-0.39, 0.29) is 0 Å². The van der Waals surface area contributed by atoms with E-state index in [0.717, 1.165) is 30.7 Å². The number of hydrogen-bond donors (Lipinski definition) is 1. The second-order valence-corrected chi connectivity index (χ2v) is 6.63. The molecule has 19 heavy (non-hydrogen) atoms. The molecule has 2 rings (SSSR count).